The average molecular weight is 421 g/mol. The van der Waals surface area contributed by atoms with Crippen molar-refractivity contribution < 1.29 is 18.0 Å². The maximum atomic E-state index is 13.3. The molecule has 1 atom stereocenters. The number of imide groups is 1. The Balaban J connectivity index is 1.51. The molecule has 1 spiro atoms. The molecule has 29 heavy (non-hydrogen) atoms. The van der Waals surface area contributed by atoms with Crippen LogP contribution in [0.25, 0.3) is 0 Å². The molecule has 0 aliphatic carbocycles. The van der Waals surface area contributed by atoms with E-state index in [-0.39, 0.29) is 23.4 Å². The van der Waals surface area contributed by atoms with E-state index in [1.165, 1.54) is 9.21 Å². The van der Waals surface area contributed by atoms with Crippen LogP contribution in [0.15, 0.2) is 35.2 Å². The first-order chi connectivity index (χ1) is 13.9. The van der Waals surface area contributed by atoms with Crippen LogP contribution in [0.5, 0.6) is 0 Å². The van der Waals surface area contributed by atoms with Crippen LogP contribution in [0.3, 0.4) is 0 Å². The first-order valence-corrected chi connectivity index (χ1v) is 11.7. The molecule has 0 aromatic heterocycles. The van der Waals surface area contributed by atoms with Crippen molar-refractivity contribution in [2.75, 3.05) is 32.7 Å². The molecule has 1 aromatic rings. The number of nitrogens with one attached hydrogen (secondary N) is 1. The number of hydrogen-bond donors (Lipinski definition) is 1. The summed E-state index contributed by atoms with van der Waals surface area (Å²) in [6.07, 6.45) is 2.43. The summed E-state index contributed by atoms with van der Waals surface area (Å²) in [4.78, 5) is 29.8. The smallest absolute Gasteiger partial charge is 0.323 e. The molecule has 0 bridgehead atoms. The van der Waals surface area contributed by atoms with Crippen molar-refractivity contribution in [1.82, 2.24) is 19.4 Å². The van der Waals surface area contributed by atoms with Crippen molar-refractivity contribution in [3.63, 3.8) is 0 Å². The molecular weight excluding hydrogens is 392 g/mol. The fourth-order valence-electron chi connectivity index (χ4n) is 4.65. The zero-order valence-corrected chi connectivity index (χ0v) is 17.5. The Morgan fingerprint density at radius 3 is 2.45 bits per heavy atom. The van der Waals surface area contributed by atoms with E-state index in [0.717, 1.165) is 19.6 Å². The second-order valence-electron chi connectivity index (χ2n) is 8.09. The number of nitrogens with zero attached hydrogens (tertiary/aromatic N) is 3. The maximum absolute atomic E-state index is 13.3. The Labute approximate surface area is 171 Å². The minimum absolute atomic E-state index is 0.146. The molecule has 8 nitrogen and oxygen atoms in total. The van der Waals surface area contributed by atoms with E-state index in [1.54, 1.807) is 30.3 Å². The van der Waals surface area contributed by atoms with Gasteiger partial charge in [0.15, 0.2) is 0 Å². The summed E-state index contributed by atoms with van der Waals surface area (Å²) in [5.74, 6) is -0.192. The SMILES string of the molecule is CCN1CCC2(CC1)NC(=O)N([C@H]1CCCN(S(=O)(=O)c3ccccc3)C1)C2=O. The minimum atomic E-state index is -3.65. The van der Waals surface area contributed by atoms with Crippen LogP contribution >= 0.6 is 0 Å². The van der Waals surface area contributed by atoms with E-state index in [2.05, 4.69) is 17.1 Å². The van der Waals surface area contributed by atoms with Crippen molar-refractivity contribution in [2.45, 2.75) is 49.1 Å². The number of piperidine rings is 2. The van der Waals surface area contributed by atoms with Crippen molar-refractivity contribution >= 4 is 22.0 Å². The van der Waals surface area contributed by atoms with E-state index in [1.807, 2.05) is 0 Å². The molecule has 9 heteroatoms. The van der Waals surface area contributed by atoms with Gasteiger partial charge in [0.2, 0.25) is 10.0 Å². The van der Waals surface area contributed by atoms with E-state index >= 15 is 0 Å². The highest BCUT2D eigenvalue weighted by Gasteiger charge is 2.54. The van der Waals surface area contributed by atoms with Crippen LogP contribution in [0.4, 0.5) is 4.79 Å². The van der Waals surface area contributed by atoms with Crippen molar-refractivity contribution in [3.8, 4) is 0 Å². The Hall–Kier alpha value is -1.97. The highest BCUT2D eigenvalue weighted by atomic mass is 32.2. The summed E-state index contributed by atoms with van der Waals surface area (Å²) in [5, 5.41) is 2.94. The van der Waals surface area contributed by atoms with E-state index in [9.17, 15) is 18.0 Å². The molecule has 158 valence electrons. The van der Waals surface area contributed by atoms with Gasteiger partial charge in [0.25, 0.3) is 5.91 Å². The topological polar surface area (TPSA) is 90.0 Å². The maximum Gasteiger partial charge on any atom is 0.325 e. The standard InChI is InChI=1S/C20H28N4O4S/c1-2-22-13-10-20(11-14-22)18(25)24(19(26)21-20)16-7-6-12-23(15-16)29(27,28)17-8-4-3-5-9-17/h3-5,8-9,16H,2,6-7,10-15H2,1H3,(H,21,26)/t16-/m0/s1. The van der Waals surface area contributed by atoms with Gasteiger partial charge in [-0.15, -0.1) is 0 Å². The molecular formula is C20H28N4O4S. The summed E-state index contributed by atoms with van der Waals surface area (Å²) in [7, 11) is -3.65. The second-order valence-corrected chi connectivity index (χ2v) is 10.0. The van der Waals surface area contributed by atoms with Gasteiger partial charge >= 0.3 is 6.03 Å². The third kappa shape index (κ3) is 3.55. The lowest BCUT2D eigenvalue weighted by molar-refractivity contribution is -0.135. The predicted molar refractivity (Wildman–Crippen MR) is 108 cm³/mol. The van der Waals surface area contributed by atoms with Crippen molar-refractivity contribution in [1.29, 1.82) is 0 Å². The second kappa shape index (κ2) is 7.70. The van der Waals surface area contributed by atoms with Gasteiger partial charge in [-0.1, -0.05) is 25.1 Å². The number of amides is 3. The van der Waals surface area contributed by atoms with E-state index < -0.39 is 21.6 Å². The summed E-state index contributed by atoms with van der Waals surface area (Å²) in [6, 6.07) is 7.49. The van der Waals surface area contributed by atoms with Gasteiger partial charge in [0.05, 0.1) is 10.9 Å². The first-order valence-electron chi connectivity index (χ1n) is 10.3. The molecule has 0 radical (unpaired) electrons. The number of urea groups is 1. The quantitative estimate of drug-likeness (QED) is 0.741. The number of benzene rings is 1. The van der Waals surface area contributed by atoms with Crippen LogP contribution < -0.4 is 5.32 Å². The Bertz CT molecular complexity index is 881. The lowest BCUT2D eigenvalue weighted by atomic mass is 9.87. The average Bonchev–Trinajstić information content (AvgIpc) is 2.98. The largest absolute Gasteiger partial charge is 0.325 e. The molecule has 4 rings (SSSR count). The van der Waals surface area contributed by atoms with E-state index in [4.69, 9.17) is 0 Å². The normalized spacial score (nSPS) is 26.1. The molecule has 3 saturated heterocycles. The highest BCUT2D eigenvalue weighted by Crippen LogP contribution is 2.33. The van der Waals surface area contributed by atoms with Crippen molar-refractivity contribution in [2.24, 2.45) is 0 Å². The van der Waals surface area contributed by atoms with Gasteiger partial charge in [-0.2, -0.15) is 4.31 Å². The third-order valence-electron chi connectivity index (χ3n) is 6.46. The molecule has 1 N–H and O–H groups in total. The van der Waals surface area contributed by atoms with Gasteiger partial charge in [-0.05, 0) is 44.4 Å². The molecule has 3 fully saturated rings. The number of carbonyl (C=O) groups is 2. The number of carbonyl (C=O) groups excluding carboxylic acids is 2. The zero-order valence-electron chi connectivity index (χ0n) is 16.7. The predicted octanol–water partition coefficient (Wildman–Crippen LogP) is 1.25. The number of sulfonamides is 1. The first kappa shape index (κ1) is 20.3. The van der Waals surface area contributed by atoms with Crippen LogP contribution in [0.1, 0.15) is 32.6 Å². The van der Waals surface area contributed by atoms with Crippen LogP contribution in [-0.2, 0) is 14.8 Å². The monoisotopic (exact) mass is 420 g/mol. The zero-order chi connectivity index (χ0) is 20.6. The van der Waals surface area contributed by atoms with Gasteiger partial charge in [0.1, 0.15) is 5.54 Å². The van der Waals surface area contributed by atoms with Gasteiger partial charge in [-0.3, -0.25) is 9.69 Å². The van der Waals surface area contributed by atoms with Crippen molar-refractivity contribution in [3.05, 3.63) is 30.3 Å². The summed E-state index contributed by atoms with van der Waals surface area (Å²) in [5.41, 5.74) is -0.830. The molecule has 3 aliphatic heterocycles. The molecule has 1 aromatic carbocycles. The summed E-state index contributed by atoms with van der Waals surface area (Å²) < 4.78 is 27.4. The van der Waals surface area contributed by atoms with Crippen LogP contribution in [0, 0.1) is 0 Å². The molecule has 3 amide bonds. The van der Waals surface area contributed by atoms with E-state index in [0.29, 0.717) is 32.2 Å². The fourth-order valence-corrected chi connectivity index (χ4v) is 6.19. The van der Waals surface area contributed by atoms with Crippen LogP contribution in [-0.4, -0.2) is 78.8 Å². The number of rotatable bonds is 4. The molecule has 0 saturated carbocycles. The number of hydrogen-bond acceptors (Lipinski definition) is 5. The fraction of sp³-hybridized carbons (Fsp3) is 0.600. The van der Waals surface area contributed by atoms with Crippen LogP contribution in [0.2, 0.25) is 0 Å². The highest BCUT2D eigenvalue weighted by molar-refractivity contribution is 7.89. The Kier molecular flexibility index (Phi) is 5.39. The summed E-state index contributed by atoms with van der Waals surface area (Å²) >= 11 is 0. The Morgan fingerprint density at radius 2 is 1.79 bits per heavy atom. The minimum Gasteiger partial charge on any atom is -0.323 e. The van der Waals surface area contributed by atoms with Gasteiger partial charge < -0.3 is 10.2 Å². The summed E-state index contributed by atoms with van der Waals surface area (Å²) in [6.45, 7) is 5.10. The molecule has 3 heterocycles. The Morgan fingerprint density at radius 1 is 1.10 bits per heavy atom. The number of likely N-dealkylation sites (tertiary alicyclic amines) is 1. The third-order valence-corrected chi connectivity index (χ3v) is 8.33. The molecule has 0 unspecified atom stereocenters. The van der Waals surface area contributed by atoms with Gasteiger partial charge in [0, 0.05) is 26.2 Å². The van der Waals surface area contributed by atoms with Gasteiger partial charge in [-0.25, -0.2) is 13.2 Å². The lowest BCUT2D eigenvalue weighted by Gasteiger charge is -2.38. The molecule has 3 aliphatic rings. The lowest BCUT2D eigenvalue weighted by Crippen LogP contribution is -2.56.